The summed E-state index contributed by atoms with van der Waals surface area (Å²) >= 11 is 0. The van der Waals surface area contributed by atoms with Crippen molar-refractivity contribution in [1.82, 2.24) is 0 Å². The van der Waals surface area contributed by atoms with E-state index in [1.54, 1.807) is 14.2 Å². The monoisotopic (exact) mass is 236 g/mol. The maximum atomic E-state index is 6.04. The van der Waals surface area contributed by atoms with Crippen LogP contribution in [0.2, 0.25) is 0 Å². The fourth-order valence-corrected chi connectivity index (χ4v) is 2.37. The Morgan fingerprint density at radius 3 is 2.88 bits per heavy atom. The van der Waals surface area contributed by atoms with Crippen LogP contribution in [-0.4, -0.2) is 33.9 Å². The van der Waals surface area contributed by atoms with Gasteiger partial charge in [-0.05, 0) is 18.6 Å². The van der Waals surface area contributed by atoms with E-state index in [0.717, 1.165) is 36.8 Å². The Morgan fingerprint density at radius 2 is 2.24 bits per heavy atom. The zero-order valence-electron chi connectivity index (χ0n) is 10.5. The summed E-state index contributed by atoms with van der Waals surface area (Å²) < 4.78 is 10.4. The van der Waals surface area contributed by atoms with Crippen molar-refractivity contribution in [2.75, 3.05) is 44.5 Å². The minimum absolute atomic E-state index is 0.613. The summed E-state index contributed by atoms with van der Waals surface area (Å²) in [6.07, 6.45) is 1.17. The second-order valence-corrected chi connectivity index (χ2v) is 4.48. The van der Waals surface area contributed by atoms with Crippen LogP contribution in [0, 0.1) is 5.92 Å². The number of rotatable bonds is 4. The molecule has 1 aliphatic rings. The van der Waals surface area contributed by atoms with E-state index in [9.17, 15) is 0 Å². The predicted molar refractivity (Wildman–Crippen MR) is 69.6 cm³/mol. The van der Waals surface area contributed by atoms with Crippen LogP contribution >= 0.6 is 0 Å². The number of ether oxygens (including phenoxy) is 2. The highest BCUT2D eigenvalue weighted by Crippen LogP contribution is 2.31. The number of hydrogen-bond acceptors (Lipinski definition) is 4. The fourth-order valence-electron chi connectivity index (χ4n) is 2.37. The lowest BCUT2D eigenvalue weighted by Crippen LogP contribution is -2.21. The van der Waals surface area contributed by atoms with Crippen LogP contribution in [0.15, 0.2) is 18.2 Å². The third kappa shape index (κ3) is 2.64. The largest absolute Gasteiger partial charge is 0.497 e. The standard InChI is InChI=1S/C13H20N2O2/c1-16-9-10-5-6-15(8-10)13-4-3-11(17-2)7-12(13)14/h3-4,7,10H,5-6,8-9,14H2,1-2H3. The van der Waals surface area contributed by atoms with Gasteiger partial charge in [0.15, 0.2) is 0 Å². The average molecular weight is 236 g/mol. The van der Waals surface area contributed by atoms with E-state index < -0.39 is 0 Å². The zero-order chi connectivity index (χ0) is 12.3. The SMILES string of the molecule is COCC1CCN(c2ccc(OC)cc2N)C1. The molecule has 2 rings (SSSR count). The molecule has 1 atom stereocenters. The molecule has 0 saturated carbocycles. The van der Waals surface area contributed by atoms with Crippen LogP contribution in [0.5, 0.6) is 5.75 Å². The Hall–Kier alpha value is -1.42. The molecule has 1 saturated heterocycles. The molecular weight excluding hydrogens is 216 g/mol. The molecule has 1 aliphatic heterocycles. The lowest BCUT2D eigenvalue weighted by Gasteiger charge is -2.21. The normalized spacial score (nSPS) is 19.6. The second-order valence-electron chi connectivity index (χ2n) is 4.48. The van der Waals surface area contributed by atoms with Gasteiger partial charge in [-0.15, -0.1) is 0 Å². The van der Waals surface area contributed by atoms with Gasteiger partial charge < -0.3 is 20.1 Å². The van der Waals surface area contributed by atoms with Crippen molar-refractivity contribution in [3.8, 4) is 5.75 Å². The topological polar surface area (TPSA) is 47.7 Å². The van der Waals surface area contributed by atoms with Gasteiger partial charge in [-0.25, -0.2) is 0 Å². The lowest BCUT2D eigenvalue weighted by molar-refractivity contribution is 0.161. The third-order valence-electron chi connectivity index (χ3n) is 3.26. The number of anilines is 2. The highest BCUT2D eigenvalue weighted by atomic mass is 16.5. The summed E-state index contributed by atoms with van der Waals surface area (Å²) in [4.78, 5) is 2.32. The van der Waals surface area contributed by atoms with Gasteiger partial charge in [-0.1, -0.05) is 0 Å². The molecule has 2 N–H and O–H groups in total. The first-order valence-electron chi connectivity index (χ1n) is 5.92. The molecule has 0 radical (unpaired) electrons. The van der Waals surface area contributed by atoms with Crippen LogP contribution in [0.1, 0.15) is 6.42 Å². The molecular formula is C13H20N2O2. The van der Waals surface area contributed by atoms with E-state index in [0.29, 0.717) is 5.92 Å². The second kappa shape index (κ2) is 5.27. The molecule has 0 spiro atoms. The summed E-state index contributed by atoms with van der Waals surface area (Å²) in [6.45, 7) is 2.89. The first kappa shape index (κ1) is 12.0. The molecule has 0 aliphatic carbocycles. The molecule has 0 amide bonds. The average Bonchev–Trinajstić information content (AvgIpc) is 2.78. The number of methoxy groups -OCH3 is 2. The fraction of sp³-hybridized carbons (Fsp3) is 0.538. The molecule has 1 fully saturated rings. The van der Waals surface area contributed by atoms with Crippen molar-refractivity contribution in [3.63, 3.8) is 0 Å². The molecule has 4 heteroatoms. The Bertz CT molecular complexity index is 382. The molecule has 4 nitrogen and oxygen atoms in total. The van der Waals surface area contributed by atoms with Crippen LogP contribution in [0.4, 0.5) is 11.4 Å². The molecule has 0 aromatic heterocycles. The summed E-state index contributed by atoms with van der Waals surface area (Å²) in [7, 11) is 3.41. The molecule has 1 unspecified atom stereocenters. The van der Waals surface area contributed by atoms with E-state index in [1.807, 2.05) is 18.2 Å². The lowest BCUT2D eigenvalue weighted by atomic mass is 10.1. The summed E-state index contributed by atoms with van der Waals surface area (Å²) in [5, 5.41) is 0. The van der Waals surface area contributed by atoms with Gasteiger partial charge in [0.1, 0.15) is 5.75 Å². The van der Waals surface area contributed by atoms with Gasteiger partial charge >= 0.3 is 0 Å². The van der Waals surface area contributed by atoms with E-state index >= 15 is 0 Å². The van der Waals surface area contributed by atoms with Crippen LogP contribution in [0.3, 0.4) is 0 Å². The van der Waals surface area contributed by atoms with E-state index in [4.69, 9.17) is 15.2 Å². The van der Waals surface area contributed by atoms with Crippen LogP contribution < -0.4 is 15.4 Å². The summed E-state index contributed by atoms with van der Waals surface area (Å²) in [5.41, 5.74) is 7.92. The van der Waals surface area contributed by atoms with Crippen molar-refractivity contribution < 1.29 is 9.47 Å². The Labute approximate surface area is 102 Å². The van der Waals surface area contributed by atoms with Gasteiger partial charge in [0.25, 0.3) is 0 Å². The zero-order valence-corrected chi connectivity index (χ0v) is 10.5. The molecule has 1 aromatic rings. The first-order chi connectivity index (χ1) is 8.24. The number of benzene rings is 1. The van der Waals surface area contributed by atoms with E-state index in [2.05, 4.69) is 4.90 Å². The molecule has 1 heterocycles. The Kier molecular flexibility index (Phi) is 3.74. The quantitative estimate of drug-likeness (QED) is 0.809. The van der Waals surface area contributed by atoms with Crippen molar-refractivity contribution in [2.24, 2.45) is 5.92 Å². The predicted octanol–water partition coefficient (Wildman–Crippen LogP) is 1.75. The number of nitrogens with two attached hydrogens (primary N) is 1. The summed E-state index contributed by atoms with van der Waals surface area (Å²) in [6, 6.07) is 5.86. The minimum atomic E-state index is 0.613. The first-order valence-corrected chi connectivity index (χ1v) is 5.92. The van der Waals surface area contributed by atoms with Gasteiger partial charge in [0, 0.05) is 32.2 Å². The highest BCUT2D eigenvalue weighted by molar-refractivity contribution is 5.69. The Morgan fingerprint density at radius 1 is 1.41 bits per heavy atom. The van der Waals surface area contributed by atoms with Crippen molar-refractivity contribution in [3.05, 3.63) is 18.2 Å². The molecule has 1 aromatic carbocycles. The van der Waals surface area contributed by atoms with Gasteiger partial charge in [0.2, 0.25) is 0 Å². The van der Waals surface area contributed by atoms with Crippen molar-refractivity contribution in [2.45, 2.75) is 6.42 Å². The minimum Gasteiger partial charge on any atom is -0.497 e. The maximum Gasteiger partial charge on any atom is 0.121 e. The van der Waals surface area contributed by atoms with E-state index in [1.165, 1.54) is 6.42 Å². The van der Waals surface area contributed by atoms with Crippen molar-refractivity contribution >= 4 is 11.4 Å². The number of nitrogen functional groups attached to an aromatic ring is 1. The Balaban J connectivity index is 2.08. The van der Waals surface area contributed by atoms with E-state index in [-0.39, 0.29) is 0 Å². The third-order valence-corrected chi connectivity index (χ3v) is 3.26. The number of nitrogens with zero attached hydrogens (tertiary/aromatic N) is 1. The molecule has 0 bridgehead atoms. The molecule has 94 valence electrons. The highest BCUT2D eigenvalue weighted by Gasteiger charge is 2.23. The van der Waals surface area contributed by atoms with Crippen LogP contribution in [-0.2, 0) is 4.74 Å². The maximum absolute atomic E-state index is 6.04. The van der Waals surface area contributed by atoms with Crippen molar-refractivity contribution in [1.29, 1.82) is 0 Å². The summed E-state index contributed by atoms with van der Waals surface area (Å²) in [5.74, 6) is 1.42. The van der Waals surface area contributed by atoms with Crippen LogP contribution in [0.25, 0.3) is 0 Å². The molecule has 17 heavy (non-hydrogen) atoms. The van der Waals surface area contributed by atoms with Gasteiger partial charge in [-0.3, -0.25) is 0 Å². The number of hydrogen-bond donors (Lipinski definition) is 1. The smallest absolute Gasteiger partial charge is 0.121 e. The van der Waals surface area contributed by atoms with Gasteiger partial charge in [-0.2, -0.15) is 0 Å². The van der Waals surface area contributed by atoms with Gasteiger partial charge in [0.05, 0.1) is 25.1 Å².